The van der Waals surface area contributed by atoms with E-state index in [9.17, 15) is 4.79 Å². The maximum atomic E-state index is 12.0. The summed E-state index contributed by atoms with van der Waals surface area (Å²) >= 11 is 5.99. The molecule has 2 aromatic rings. The number of fused-ring (bicyclic) bond motifs is 1. The van der Waals surface area contributed by atoms with Gasteiger partial charge in [0.2, 0.25) is 5.91 Å². The molecule has 114 valence electrons. The second-order valence-electron chi connectivity index (χ2n) is 6.30. The molecule has 0 saturated heterocycles. The molecule has 0 fully saturated rings. The molecule has 1 heterocycles. The molecule has 0 aliphatic heterocycles. The average molecular weight is 308 g/mol. The van der Waals surface area contributed by atoms with E-state index in [1.54, 1.807) is 0 Å². The SMILES string of the molecule is Cc1cccc2nc(CCl)n(CCC(=O)NC(C)(C)C)c12. The first-order valence-electron chi connectivity index (χ1n) is 7.13. The number of carbonyl (C=O) groups is 1. The minimum absolute atomic E-state index is 0.0402. The normalized spacial score (nSPS) is 11.9. The van der Waals surface area contributed by atoms with Crippen LogP contribution in [0.1, 0.15) is 38.6 Å². The van der Waals surface area contributed by atoms with Crippen molar-refractivity contribution in [3.8, 4) is 0 Å². The number of benzene rings is 1. The van der Waals surface area contributed by atoms with E-state index in [-0.39, 0.29) is 11.4 Å². The summed E-state index contributed by atoms with van der Waals surface area (Å²) in [6, 6.07) is 6.01. The molecule has 2 rings (SSSR count). The molecule has 0 unspecified atom stereocenters. The Morgan fingerprint density at radius 3 is 2.71 bits per heavy atom. The number of imidazole rings is 1. The molecular formula is C16H22ClN3O. The Morgan fingerprint density at radius 1 is 1.38 bits per heavy atom. The van der Waals surface area contributed by atoms with Gasteiger partial charge >= 0.3 is 0 Å². The van der Waals surface area contributed by atoms with Crippen molar-refractivity contribution in [1.29, 1.82) is 0 Å². The minimum atomic E-state index is -0.209. The van der Waals surface area contributed by atoms with Crippen LogP contribution in [0.5, 0.6) is 0 Å². The standard InChI is InChI=1S/C16H22ClN3O/c1-11-6-5-7-12-15(11)20(13(10-17)18-12)9-8-14(21)19-16(2,3)4/h5-7H,8-10H2,1-4H3,(H,19,21). The number of carbonyl (C=O) groups excluding carboxylic acids is 1. The lowest BCUT2D eigenvalue weighted by Gasteiger charge is -2.20. The molecular weight excluding hydrogens is 286 g/mol. The van der Waals surface area contributed by atoms with Gasteiger partial charge in [-0.15, -0.1) is 11.6 Å². The summed E-state index contributed by atoms with van der Waals surface area (Å²) in [4.78, 5) is 16.5. The van der Waals surface area contributed by atoms with Crippen molar-refractivity contribution >= 4 is 28.5 Å². The van der Waals surface area contributed by atoms with Crippen molar-refractivity contribution in [1.82, 2.24) is 14.9 Å². The third-order valence-electron chi connectivity index (χ3n) is 3.24. The van der Waals surface area contributed by atoms with Crippen LogP contribution in [-0.2, 0) is 17.2 Å². The quantitative estimate of drug-likeness (QED) is 0.880. The second kappa shape index (κ2) is 6.06. The van der Waals surface area contributed by atoms with E-state index in [0.29, 0.717) is 18.8 Å². The van der Waals surface area contributed by atoms with Gasteiger partial charge in [0.25, 0.3) is 0 Å². The molecule has 1 aromatic carbocycles. The van der Waals surface area contributed by atoms with Crippen LogP contribution >= 0.6 is 11.6 Å². The van der Waals surface area contributed by atoms with E-state index in [2.05, 4.69) is 14.9 Å². The summed E-state index contributed by atoms with van der Waals surface area (Å²) in [6.07, 6.45) is 0.418. The molecule has 4 nitrogen and oxygen atoms in total. The summed E-state index contributed by atoms with van der Waals surface area (Å²) in [6.45, 7) is 8.57. The molecule has 5 heteroatoms. The fraction of sp³-hybridized carbons (Fsp3) is 0.500. The average Bonchev–Trinajstić information content (AvgIpc) is 2.73. The Hall–Kier alpha value is -1.55. The molecule has 0 aliphatic carbocycles. The molecule has 0 atom stereocenters. The van der Waals surface area contributed by atoms with Crippen molar-refractivity contribution < 1.29 is 4.79 Å². The Kier molecular flexibility index (Phi) is 4.57. The third kappa shape index (κ3) is 3.76. The van der Waals surface area contributed by atoms with Crippen LogP contribution in [0.4, 0.5) is 0 Å². The van der Waals surface area contributed by atoms with Gasteiger partial charge in [-0.25, -0.2) is 4.98 Å². The predicted octanol–water partition coefficient (Wildman–Crippen LogP) is 3.39. The summed E-state index contributed by atoms with van der Waals surface area (Å²) in [5, 5.41) is 2.98. The van der Waals surface area contributed by atoms with E-state index >= 15 is 0 Å². The number of nitrogens with one attached hydrogen (secondary N) is 1. The fourth-order valence-electron chi connectivity index (χ4n) is 2.45. The number of nitrogens with zero attached hydrogens (tertiary/aromatic N) is 2. The van der Waals surface area contributed by atoms with Crippen LogP contribution in [0.2, 0.25) is 0 Å². The first-order valence-corrected chi connectivity index (χ1v) is 7.67. The van der Waals surface area contributed by atoms with E-state index in [4.69, 9.17) is 11.6 Å². The van der Waals surface area contributed by atoms with Gasteiger partial charge in [0.15, 0.2) is 0 Å². The van der Waals surface area contributed by atoms with Crippen LogP contribution in [0.3, 0.4) is 0 Å². The molecule has 1 N–H and O–H groups in total. The van der Waals surface area contributed by atoms with E-state index < -0.39 is 0 Å². The number of aromatic nitrogens is 2. The number of amides is 1. The summed E-state index contributed by atoms with van der Waals surface area (Å²) < 4.78 is 2.06. The maximum absolute atomic E-state index is 12.0. The second-order valence-corrected chi connectivity index (χ2v) is 6.57. The van der Waals surface area contributed by atoms with Crippen LogP contribution in [0.15, 0.2) is 18.2 Å². The lowest BCUT2D eigenvalue weighted by Crippen LogP contribution is -2.40. The van der Waals surface area contributed by atoms with Gasteiger partial charge in [-0.05, 0) is 39.3 Å². The van der Waals surface area contributed by atoms with Crippen molar-refractivity contribution in [3.63, 3.8) is 0 Å². The Morgan fingerprint density at radius 2 is 2.10 bits per heavy atom. The third-order valence-corrected chi connectivity index (χ3v) is 3.48. The van der Waals surface area contributed by atoms with Gasteiger partial charge in [0, 0.05) is 18.5 Å². The number of para-hydroxylation sites is 1. The minimum Gasteiger partial charge on any atom is -0.351 e. The smallest absolute Gasteiger partial charge is 0.222 e. The van der Waals surface area contributed by atoms with Gasteiger partial charge in [-0.1, -0.05) is 12.1 Å². The van der Waals surface area contributed by atoms with E-state index in [1.807, 2.05) is 45.9 Å². The fourth-order valence-corrected chi connectivity index (χ4v) is 2.65. The zero-order chi connectivity index (χ0) is 15.6. The predicted molar refractivity (Wildman–Crippen MR) is 86.5 cm³/mol. The first kappa shape index (κ1) is 15.8. The largest absolute Gasteiger partial charge is 0.351 e. The van der Waals surface area contributed by atoms with Crippen LogP contribution in [-0.4, -0.2) is 21.0 Å². The number of hydrogen-bond acceptors (Lipinski definition) is 2. The number of alkyl halides is 1. The van der Waals surface area contributed by atoms with Gasteiger partial charge in [0.05, 0.1) is 16.9 Å². The Labute approximate surface area is 130 Å². The lowest BCUT2D eigenvalue weighted by molar-refractivity contribution is -0.122. The van der Waals surface area contributed by atoms with E-state index in [0.717, 1.165) is 22.4 Å². The highest BCUT2D eigenvalue weighted by atomic mass is 35.5. The van der Waals surface area contributed by atoms with Gasteiger partial charge in [-0.3, -0.25) is 4.79 Å². The molecule has 1 amide bonds. The first-order chi connectivity index (χ1) is 9.81. The Bertz CT molecular complexity index is 655. The van der Waals surface area contributed by atoms with Crippen molar-refractivity contribution in [2.75, 3.05) is 0 Å². The monoisotopic (exact) mass is 307 g/mol. The highest BCUT2D eigenvalue weighted by molar-refractivity contribution is 6.16. The van der Waals surface area contributed by atoms with Crippen molar-refractivity contribution in [2.24, 2.45) is 0 Å². The molecule has 0 bridgehead atoms. The van der Waals surface area contributed by atoms with Crippen molar-refractivity contribution in [2.45, 2.75) is 52.1 Å². The highest BCUT2D eigenvalue weighted by Crippen LogP contribution is 2.21. The number of hydrogen-bond donors (Lipinski definition) is 1. The topological polar surface area (TPSA) is 46.9 Å². The van der Waals surface area contributed by atoms with Crippen LogP contribution < -0.4 is 5.32 Å². The molecule has 21 heavy (non-hydrogen) atoms. The molecule has 0 spiro atoms. The lowest BCUT2D eigenvalue weighted by atomic mass is 10.1. The maximum Gasteiger partial charge on any atom is 0.222 e. The zero-order valence-electron chi connectivity index (χ0n) is 13.0. The van der Waals surface area contributed by atoms with Gasteiger partial charge < -0.3 is 9.88 Å². The van der Waals surface area contributed by atoms with Gasteiger partial charge in [0.1, 0.15) is 5.82 Å². The zero-order valence-corrected chi connectivity index (χ0v) is 13.8. The highest BCUT2D eigenvalue weighted by Gasteiger charge is 2.16. The summed E-state index contributed by atoms with van der Waals surface area (Å²) in [7, 11) is 0. The molecule has 0 aliphatic rings. The van der Waals surface area contributed by atoms with Crippen LogP contribution in [0.25, 0.3) is 11.0 Å². The summed E-state index contributed by atoms with van der Waals surface area (Å²) in [5.41, 5.74) is 2.94. The number of aryl methyl sites for hydroxylation is 2. The van der Waals surface area contributed by atoms with Crippen molar-refractivity contribution in [3.05, 3.63) is 29.6 Å². The number of halogens is 1. The molecule has 1 aromatic heterocycles. The Balaban J connectivity index is 2.23. The van der Waals surface area contributed by atoms with Gasteiger partial charge in [-0.2, -0.15) is 0 Å². The van der Waals surface area contributed by atoms with Crippen LogP contribution in [0, 0.1) is 6.92 Å². The molecule has 0 radical (unpaired) electrons. The van der Waals surface area contributed by atoms with E-state index in [1.165, 1.54) is 0 Å². The molecule has 0 saturated carbocycles. The number of rotatable bonds is 4. The summed E-state index contributed by atoms with van der Waals surface area (Å²) in [5.74, 6) is 1.19.